The van der Waals surface area contributed by atoms with Crippen molar-refractivity contribution >= 4 is 0 Å². The molecule has 0 aliphatic heterocycles. The fourth-order valence-electron chi connectivity index (χ4n) is 1.19. The Balaban J connectivity index is 3.20. The van der Waals surface area contributed by atoms with Gasteiger partial charge in [0.15, 0.2) is 0 Å². The molecule has 0 aromatic heterocycles. The van der Waals surface area contributed by atoms with Crippen LogP contribution in [-0.2, 0) is 0 Å². The van der Waals surface area contributed by atoms with E-state index in [2.05, 4.69) is 6.92 Å². The highest BCUT2D eigenvalue weighted by Crippen LogP contribution is 2.12. The van der Waals surface area contributed by atoms with Crippen LogP contribution in [0.4, 0.5) is 0 Å². The predicted octanol–water partition coefficient (Wildman–Crippen LogP) is 1.56. The number of hydrogen-bond acceptors (Lipinski definition) is 2. The fraction of sp³-hybridized carbons (Fsp3) is 1.00. The average molecular weight is 160 g/mol. The van der Waals surface area contributed by atoms with Gasteiger partial charge in [-0.25, -0.2) is 0 Å². The second kappa shape index (κ2) is 8.02. The molecule has 0 radical (unpaired) electrons. The van der Waals surface area contributed by atoms with Gasteiger partial charge in [-0.2, -0.15) is 0 Å². The van der Waals surface area contributed by atoms with Crippen molar-refractivity contribution < 1.29 is 10.2 Å². The van der Waals surface area contributed by atoms with E-state index in [4.69, 9.17) is 10.2 Å². The molecule has 0 bridgehead atoms. The first-order valence-corrected chi connectivity index (χ1v) is 4.56. The number of aliphatic hydroxyl groups is 2. The molecule has 68 valence electrons. The third-order valence-electron chi connectivity index (χ3n) is 2.01. The maximum Gasteiger partial charge on any atom is 0.0460 e. The van der Waals surface area contributed by atoms with E-state index in [0.717, 1.165) is 12.8 Å². The van der Waals surface area contributed by atoms with Crippen LogP contribution in [0, 0.1) is 5.92 Å². The van der Waals surface area contributed by atoms with E-state index < -0.39 is 0 Å². The summed E-state index contributed by atoms with van der Waals surface area (Å²) in [6.45, 7) is 2.60. The summed E-state index contributed by atoms with van der Waals surface area (Å²) >= 11 is 0. The Kier molecular flexibility index (Phi) is 7.96. The molecule has 0 aliphatic rings. The van der Waals surface area contributed by atoms with Crippen molar-refractivity contribution in [3.63, 3.8) is 0 Å². The number of aliphatic hydroxyl groups excluding tert-OH is 2. The highest BCUT2D eigenvalue weighted by atomic mass is 16.3. The summed E-state index contributed by atoms with van der Waals surface area (Å²) in [5, 5.41) is 17.5. The molecule has 2 heteroatoms. The zero-order chi connectivity index (χ0) is 8.53. The molecule has 1 atom stereocenters. The van der Waals surface area contributed by atoms with Gasteiger partial charge >= 0.3 is 0 Å². The average Bonchev–Trinajstić information content (AvgIpc) is 2.03. The van der Waals surface area contributed by atoms with E-state index in [1.165, 1.54) is 19.3 Å². The van der Waals surface area contributed by atoms with Crippen LogP contribution in [0.1, 0.15) is 39.0 Å². The molecule has 0 aromatic carbocycles. The molecular formula is C9H20O2. The quantitative estimate of drug-likeness (QED) is 0.555. The summed E-state index contributed by atoms with van der Waals surface area (Å²) in [7, 11) is 0. The number of unbranched alkanes of at least 4 members (excludes halogenated alkanes) is 2. The lowest BCUT2D eigenvalue weighted by Crippen LogP contribution is -2.07. The van der Waals surface area contributed by atoms with E-state index in [1.54, 1.807) is 0 Å². The smallest absolute Gasteiger partial charge is 0.0460 e. The Bertz CT molecular complexity index is 74.0. The molecule has 1 unspecified atom stereocenters. The molecule has 0 saturated carbocycles. The molecule has 0 rings (SSSR count). The van der Waals surface area contributed by atoms with Crippen LogP contribution in [-0.4, -0.2) is 23.4 Å². The largest absolute Gasteiger partial charge is 0.396 e. The maximum atomic E-state index is 8.85. The summed E-state index contributed by atoms with van der Waals surface area (Å²) in [5.41, 5.74) is 0. The van der Waals surface area contributed by atoms with Crippen molar-refractivity contribution in [1.82, 2.24) is 0 Å². The third kappa shape index (κ3) is 6.32. The molecule has 0 spiro atoms. The van der Waals surface area contributed by atoms with Crippen LogP contribution in [0.2, 0.25) is 0 Å². The van der Waals surface area contributed by atoms with Gasteiger partial charge in [0.05, 0.1) is 0 Å². The second-order valence-electron chi connectivity index (χ2n) is 3.06. The van der Waals surface area contributed by atoms with Crippen molar-refractivity contribution in [2.45, 2.75) is 39.0 Å². The predicted molar refractivity (Wildman–Crippen MR) is 46.4 cm³/mol. The lowest BCUT2D eigenvalue weighted by molar-refractivity contribution is 0.175. The van der Waals surface area contributed by atoms with E-state index in [9.17, 15) is 0 Å². The van der Waals surface area contributed by atoms with Crippen molar-refractivity contribution in [1.29, 1.82) is 0 Å². The summed E-state index contributed by atoms with van der Waals surface area (Å²) in [5.74, 6) is 0.326. The Morgan fingerprint density at radius 2 is 1.82 bits per heavy atom. The molecule has 2 nitrogen and oxygen atoms in total. The van der Waals surface area contributed by atoms with E-state index in [0.29, 0.717) is 5.92 Å². The molecule has 0 aliphatic carbocycles. The second-order valence-corrected chi connectivity index (χ2v) is 3.06. The zero-order valence-electron chi connectivity index (χ0n) is 7.42. The minimum absolute atomic E-state index is 0.206. The molecule has 0 heterocycles. The first kappa shape index (κ1) is 10.9. The Hall–Kier alpha value is -0.0800. The Labute approximate surface area is 69.2 Å². The number of hydrogen-bond donors (Lipinski definition) is 2. The Morgan fingerprint density at radius 3 is 2.27 bits per heavy atom. The van der Waals surface area contributed by atoms with Gasteiger partial charge in [0.25, 0.3) is 0 Å². The van der Waals surface area contributed by atoms with Gasteiger partial charge in [0.2, 0.25) is 0 Å². The summed E-state index contributed by atoms with van der Waals surface area (Å²) in [6.07, 6.45) is 5.45. The van der Waals surface area contributed by atoms with E-state index in [-0.39, 0.29) is 13.2 Å². The van der Waals surface area contributed by atoms with Crippen LogP contribution in [0.5, 0.6) is 0 Å². The van der Waals surface area contributed by atoms with Gasteiger partial charge in [0, 0.05) is 13.2 Å². The van der Waals surface area contributed by atoms with E-state index >= 15 is 0 Å². The normalized spacial score (nSPS) is 13.4. The molecule has 0 fully saturated rings. The summed E-state index contributed by atoms with van der Waals surface area (Å²) in [6, 6.07) is 0. The molecule has 0 saturated heterocycles. The van der Waals surface area contributed by atoms with Crippen molar-refractivity contribution in [3.8, 4) is 0 Å². The zero-order valence-corrected chi connectivity index (χ0v) is 7.42. The van der Waals surface area contributed by atoms with E-state index in [1.807, 2.05) is 0 Å². The topological polar surface area (TPSA) is 40.5 Å². The van der Waals surface area contributed by atoms with Crippen LogP contribution >= 0.6 is 0 Å². The minimum atomic E-state index is 0.206. The van der Waals surface area contributed by atoms with Crippen molar-refractivity contribution in [2.75, 3.05) is 13.2 Å². The molecule has 0 aromatic rings. The SMILES string of the molecule is CCCCCC(CO)CCO. The van der Waals surface area contributed by atoms with Gasteiger partial charge < -0.3 is 10.2 Å². The fourth-order valence-corrected chi connectivity index (χ4v) is 1.19. The monoisotopic (exact) mass is 160 g/mol. The van der Waals surface area contributed by atoms with Crippen LogP contribution in [0.15, 0.2) is 0 Å². The number of rotatable bonds is 7. The summed E-state index contributed by atoms with van der Waals surface area (Å²) < 4.78 is 0. The van der Waals surface area contributed by atoms with Crippen LogP contribution in [0.3, 0.4) is 0 Å². The lowest BCUT2D eigenvalue weighted by atomic mass is 9.99. The van der Waals surface area contributed by atoms with Gasteiger partial charge in [-0.05, 0) is 18.8 Å². The van der Waals surface area contributed by atoms with Gasteiger partial charge in [-0.3, -0.25) is 0 Å². The van der Waals surface area contributed by atoms with Crippen LogP contribution < -0.4 is 0 Å². The highest BCUT2D eigenvalue weighted by molar-refractivity contribution is 4.56. The minimum Gasteiger partial charge on any atom is -0.396 e. The van der Waals surface area contributed by atoms with Crippen LogP contribution in [0.25, 0.3) is 0 Å². The van der Waals surface area contributed by atoms with Crippen molar-refractivity contribution in [2.24, 2.45) is 5.92 Å². The molecule has 11 heavy (non-hydrogen) atoms. The summed E-state index contributed by atoms with van der Waals surface area (Å²) in [4.78, 5) is 0. The molecule has 2 N–H and O–H groups in total. The molecule has 0 amide bonds. The molecular weight excluding hydrogens is 140 g/mol. The van der Waals surface area contributed by atoms with Crippen molar-refractivity contribution in [3.05, 3.63) is 0 Å². The first-order chi connectivity index (χ1) is 5.35. The maximum absolute atomic E-state index is 8.85. The highest BCUT2D eigenvalue weighted by Gasteiger charge is 2.04. The standard InChI is InChI=1S/C9H20O2/c1-2-3-4-5-9(8-11)6-7-10/h9-11H,2-8H2,1H3. The van der Waals surface area contributed by atoms with Gasteiger partial charge in [-0.1, -0.05) is 26.2 Å². The van der Waals surface area contributed by atoms with Gasteiger partial charge in [-0.15, -0.1) is 0 Å². The third-order valence-corrected chi connectivity index (χ3v) is 2.01. The Morgan fingerprint density at radius 1 is 1.09 bits per heavy atom. The lowest BCUT2D eigenvalue weighted by Gasteiger charge is -2.11. The van der Waals surface area contributed by atoms with Gasteiger partial charge in [0.1, 0.15) is 0 Å². The first-order valence-electron chi connectivity index (χ1n) is 4.56.